The van der Waals surface area contributed by atoms with Crippen molar-refractivity contribution in [2.75, 3.05) is 24.5 Å². The number of amides is 1. The predicted octanol–water partition coefficient (Wildman–Crippen LogP) is 3.12. The molecule has 1 aromatic rings. The number of anilines is 1. The summed E-state index contributed by atoms with van der Waals surface area (Å²) < 4.78 is 0. The van der Waals surface area contributed by atoms with Gasteiger partial charge in [0.1, 0.15) is 5.71 Å². The van der Waals surface area contributed by atoms with Crippen molar-refractivity contribution < 1.29 is 4.79 Å². The van der Waals surface area contributed by atoms with E-state index < -0.39 is 0 Å². The fraction of sp³-hybridized carbons (Fsp3) is 0.500. The molecule has 2 aliphatic rings. The quantitative estimate of drug-likeness (QED) is 0.779. The second kappa shape index (κ2) is 6.79. The van der Waals surface area contributed by atoms with Gasteiger partial charge in [-0.3, -0.25) is 9.69 Å². The molecule has 2 aliphatic heterocycles. The molecule has 1 saturated heterocycles. The lowest BCUT2D eigenvalue weighted by molar-refractivity contribution is -0.120. The normalized spacial score (nSPS) is 18.1. The first-order valence-electron chi connectivity index (χ1n) is 8.38. The van der Waals surface area contributed by atoms with Gasteiger partial charge in [-0.1, -0.05) is 19.1 Å². The molecule has 5 heteroatoms. The van der Waals surface area contributed by atoms with Crippen molar-refractivity contribution in [2.24, 2.45) is 4.99 Å². The lowest BCUT2D eigenvalue weighted by Crippen LogP contribution is -2.33. The van der Waals surface area contributed by atoms with Gasteiger partial charge in [0.15, 0.2) is 0 Å². The summed E-state index contributed by atoms with van der Waals surface area (Å²) in [6.45, 7) is 7.12. The Balaban J connectivity index is 1.73. The van der Waals surface area contributed by atoms with Crippen molar-refractivity contribution in [1.29, 1.82) is 0 Å². The maximum absolute atomic E-state index is 12.4. The van der Waals surface area contributed by atoms with Gasteiger partial charge in [0, 0.05) is 31.7 Å². The molecular formula is C18H23N3OS. The minimum atomic E-state index is -0.0295. The second-order valence-electron chi connectivity index (χ2n) is 6.29. The molecule has 0 bridgehead atoms. The first-order chi connectivity index (χ1) is 11.1. The monoisotopic (exact) mass is 329 g/mol. The van der Waals surface area contributed by atoms with E-state index in [4.69, 9.17) is 12.2 Å². The number of hydrogen-bond donors (Lipinski definition) is 0. The molecule has 0 aliphatic carbocycles. The van der Waals surface area contributed by atoms with Crippen LogP contribution < -0.4 is 4.90 Å². The third-order valence-electron chi connectivity index (χ3n) is 4.48. The van der Waals surface area contributed by atoms with Gasteiger partial charge in [0.2, 0.25) is 5.11 Å². The molecule has 0 N–H and O–H groups in total. The van der Waals surface area contributed by atoms with Crippen molar-refractivity contribution >= 4 is 34.6 Å². The fourth-order valence-corrected chi connectivity index (χ4v) is 3.62. The summed E-state index contributed by atoms with van der Waals surface area (Å²) in [5.74, 6) is -0.0295. The molecule has 0 radical (unpaired) electrons. The van der Waals surface area contributed by atoms with Gasteiger partial charge in [-0.2, -0.15) is 0 Å². The topological polar surface area (TPSA) is 35.9 Å². The van der Waals surface area contributed by atoms with Gasteiger partial charge in [-0.05, 0) is 55.6 Å². The van der Waals surface area contributed by atoms with E-state index in [9.17, 15) is 4.79 Å². The number of rotatable bonds is 5. The van der Waals surface area contributed by atoms with Crippen LogP contribution in [-0.4, -0.2) is 41.3 Å². The third kappa shape index (κ3) is 3.29. The summed E-state index contributed by atoms with van der Waals surface area (Å²) in [5.41, 5.74) is 4.27. The lowest BCUT2D eigenvalue weighted by Gasteiger charge is -2.20. The Morgan fingerprint density at radius 2 is 2.00 bits per heavy atom. The molecule has 1 fully saturated rings. The van der Waals surface area contributed by atoms with E-state index in [-0.39, 0.29) is 5.91 Å². The number of hydrogen-bond acceptors (Lipinski definition) is 3. The number of carbonyl (C=O) groups is 1. The van der Waals surface area contributed by atoms with Crippen LogP contribution in [0.4, 0.5) is 5.69 Å². The van der Waals surface area contributed by atoms with Crippen LogP contribution in [0.1, 0.15) is 37.3 Å². The van der Waals surface area contributed by atoms with E-state index in [1.54, 1.807) is 4.90 Å². The SMILES string of the molecule is CCCN1C(=O)C(Cc2ccc(N3CCCC3)c(C)c2)=NC1=S. The Hall–Kier alpha value is -1.75. The zero-order chi connectivity index (χ0) is 16.4. The van der Waals surface area contributed by atoms with Crippen LogP contribution in [0, 0.1) is 6.92 Å². The minimum Gasteiger partial charge on any atom is -0.371 e. The summed E-state index contributed by atoms with van der Waals surface area (Å²) >= 11 is 5.21. The van der Waals surface area contributed by atoms with Gasteiger partial charge in [-0.25, -0.2) is 4.99 Å². The summed E-state index contributed by atoms with van der Waals surface area (Å²) in [5, 5.41) is 0.414. The van der Waals surface area contributed by atoms with E-state index in [1.165, 1.54) is 24.1 Å². The maximum Gasteiger partial charge on any atom is 0.274 e. The number of aryl methyl sites for hydroxylation is 1. The smallest absolute Gasteiger partial charge is 0.274 e. The number of carbonyl (C=O) groups excluding carboxylic acids is 1. The molecule has 1 amide bonds. The summed E-state index contributed by atoms with van der Waals surface area (Å²) in [6, 6.07) is 6.47. The Morgan fingerprint density at radius 3 is 2.65 bits per heavy atom. The molecule has 122 valence electrons. The zero-order valence-electron chi connectivity index (χ0n) is 13.8. The summed E-state index contributed by atoms with van der Waals surface area (Å²) in [7, 11) is 0. The van der Waals surface area contributed by atoms with Crippen LogP contribution >= 0.6 is 12.2 Å². The van der Waals surface area contributed by atoms with E-state index in [0.29, 0.717) is 23.8 Å². The van der Waals surface area contributed by atoms with E-state index in [2.05, 4.69) is 35.0 Å². The summed E-state index contributed by atoms with van der Waals surface area (Å²) in [6.07, 6.45) is 3.99. The molecule has 0 atom stereocenters. The molecule has 4 nitrogen and oxygen atoms in total. The average Bonchev–Trinajstić information content (AvgIpc) is 3.13. The molecule has 0 aromatic heterocycles. The van der Waals surface area contributed by atoms with Crippen LogP contribution in [0.5, 0.6) is 0 Å². The number of thiocarbonyl (C=S) groups is 1. The van der Waals surface area contributed by atoms with Gasteiger partial charge < -0.3 is 4.90 Å². The first-order valence-corrected chi connectivity index (χ1v) is 8.79. The lowest BCUT2D eigenvalue weighted by atomic mass is 10.0. The third-order valence-corrected chi connectivity index (χ3v) is 4.79. The second-order valence-corrected chi connectivity index (χ2v) is 6.65. The highest BCUT2D eigenvalue weighted by molar-refractivity contribution is 7.80. The highest BCUT2D eigenvalue weighted by Crippen LogP contribution is 2.25. The number of benzene rings is 1. The largest absolute Gasteiger partial charge is 0.371 e. The molecular weight excluding hydrogens is 306 g/mol. The van der Waals surface area contributed by atoms with Crippen molar-refractivity contribution in [2.45, 2.75) is 39.5 Å². The fourth-order valence-electron chi connectivity index (χ4n) is 3.34. The van der Waals surface area contributed by atoms with Crippen molar-refractivity contribution in [3.05, 3.63) is 29.3 Å². The van der Waals surface area contributed by atoms with Crippen molar-refractivity contribution in [3.63, 3.8) is 0 Å². The highest BCUT2D eigenvalue weighted by atomic mass is 32.1. The minimum absolute atomic E-state index is 0.0295. The van der Waals surface area contributed by atoms with Crippen molar-refractivity contribution in [1.82, 2.24) is 4.90 Å². The maximum atomic E-state index is 12.4. The van der Waals surface area contributed by atoms with Gasteiger partial charge in [0.25, 0.3) is 5.91 Å². The van der Waals surface area contributed by atoms with Crippen LogP contribution in [0.3, 0.4) is 0 Å². The van der Waals surface area contributed by atoms with Gasteiger partial charge >= 0.3 is 0 Å². The Kier molecular flexibility index (Phi) is 4.76. The van der Waals surface area contributed by atoms with Gasteiger partial charge in [0.05, 0.1) is 0 Å². The predicted molar refractivity (Wildman–Crippen MR) is 98.4 cm³/mol. The highest BCUT2D eigenvalue weighted by Gasteiger charge is 2.29. The molecule has 1 aromatic carbocycles. The average molecular weight is 329 g/mol. The molecule has 3 rings (SSSR count). The zero-order valence-corrected chi connectivity index (χ0v) is 14.7. The molecule has 0 spiro atoms. The Labute approximate surface area is 143 Å². The van der Waals surface area contributed by atoms with Crippen LogP contribution in [0.15, 0.2) is 23.2 Å². The molecule has 2 heterocycles. The molecule has 23 heavy (non-hydrogen) atoms. The van der Waals surface area contributed by atoms with Crippen LogP contribution in [-0.2, 0) is 11.2 Å². The summed E-state index contributed by atoms with van der Waals surface area (Å²) in [4.78, 5) is 20.7. The number of aliphatic imine (C=N–C) groups is 1. The Morgan fingerprint density at radius 1 is 1.26 bits per heavy atom. The van der Waals surface area contributed by atoms with Crippen molar-refractivity contribution in [3.8, 4) is 0 Å². The standard InChI is InChI=1S/C18H23N3OS/c1-3-8-21-17(22)15(19-18(21)23)12-14-6-7-16(13(2)11-14)20-9-4-5-10-20/h6-7,11H,3-5,8-10,12H2,1-2H3. The van der Waals surface area contributed by atoms with Crippen LogP contribution in [0.2, 0.25) is 0 Å². The van der Waals surface area contributed by atoms with E-state index in [0.717, 1.165) is 25.1 Å². The first kappa shape index (κ1) is 16.1. The molecule has 0 unspecified atom stereocenters. The molecule has 0 saturated carbocycles. The van der Waals surface area contributed by atoms with Crippen LogP contribution in [0.25, 0.3) is 0 Å². The number of nitrogens with zero attached hydrogens (tertiary/aromatic N) is 3. The van der Waals surface area contributed by atoms with E-state index >= 15 is 0 Å². The Bertz CT molecular complexity index is 662. The van der Waals surface area contributed by atoms with Gasteiger partial charge in [-0.15, -0.1) is 0 Å². The van der Waals surface area contributed by atoms with E-state index in [1.807, 2.05) is 6.92 Å².